The smallest absolute Gasteiger partial charge is 0.270 e. The Morgan fingerprint density at radius 3 is 2.41 bits per heavy atom. The molecular weight excluding hydrogens is 498 g/mol. The Morgan fingerprint density at radius 2 is 1.76 bits per heavy atom. The van der Waals surface area contributed by atoms with Gasteiger partial charge in [0.05, 0.1) is 44.2 Å². The Balaban J connectivity index is 1.74. The van der Waals surface area contributed by atoms with Gasteiger partial charge in [0, 0.05) is 12.8 Å². The van der Waals surface area contributed by atoms with E-state index in [9.17, 15) is 15.0 Å². The van der Waals surface area contributed by atoms with Crippen LogP contribution in [0.3, 0.4) is 0 Å². The van der Waals surface area contributed by atoms with Crippen LogP contribution in [0.1, 0.15) is 28.1 Å². The number of rotatable bonds is 10. The minimum absolute atomic E-state index is 0.0111. The van der Waals surface area contributed by atoms with Crippen molar-refractivity contribution in [3.8, 4) is 44.8 Å². The monoisotopic (exact) mass is 523 g/mol. The third kappa shape index (κ3) is 5.44. The van der Waals surface area contributed by atoms with E-state index in [1.807, 2.05) is 6.92 Å². The van der Waals surface area contributed by atoms with Crippen LogP contribution >= 0.6 is 11.3 Å². The zero-order chi connectivity index (χ0) is 26.4. The molecule has 3 N–H and O–H groups in total. The van der Waals surface area contributed by atoms with Crippen LogP contribution in [0.5, 0.6) is 23.1 Å². The average Bonchev–Trinajstić information content (AvgIpc) is 3.39. The van der Waals surface area contributed by atoms with Crippen molar-refractivity contribution in [2.24, 2.45) is 0 Å². The molecule has 0 saturated heterocycles. The van der Waals surface area contributed by atoms with E-state index in [1.165, 1.54) is 20.4 Å². The third-order valence-corrected chi connectivity index (χ3v) is 6.27. The lowest BCUT2D eigenvalue weighted by molar-refractivity contribution is 0.0946. The van der Waals surface area contributed by atoms with Gasteiger partial charge in [-0.1, -0.05) is 23.5 Å². The highest BCUT2D eigenvalue weighted by molar-refractivity contribution is 7.14. The predicted molar refractivity (Wildman–Crippen MR) is 136 cm³/mol. The molecule has 1 aromatic carbocycles. The van der Waals surface area contributed by atoms with Crippen molar-refractivity contribution in [1.29, 1.82) is 0 Å². The number of carbonyl (C=O) groups is 1. The van der Waals surface area contributed by atoms with Gasteiger partial charge in [0.1, 0.15) is 33.5 Å². The molecular formula is C25H25N5O6S. The second kappa shape index (κ2) is 11.6. The topological polar surface area (TPSA) is 149 Å². The highest BCUT2D eigenvalue weighted by Gasteiger charge is 2.28. The van der Waals surface area contributed by atoms with Gasteiger partial charge in [-0.3, -0.25) is 9.78 Å². The predicted octanol–water partition coefficient (Wildman–Crippen LogP) is 3.56. The van der Waals surface area contributed by atoms with Gasteiger partial charge in [-0.15, -0.1) is 10.2 Å². The van der Waals surface area contributed by atoms with E-state index in [0.29, 0.717) is 28.7 Å². The zero-order valence-electron chi connectivity index (χ0n) is 20.4. The fourth-order valence-corrected chi connectivity index (χ4v) is 4.46. The van der Waals surface area contributed by atoms with Crippen LogP contribution in [-0.4, -0.2) is 57.1 Å². The summed E-state index contributed by atoms with van der Waals surface area (Å²) in [5, 5.41) is 33.9. The van der Waals surface area contributed by atoms with Gasteiger partial charge >= 0.3 is 0 Å². The first kappa shape index (κ1) is 25.8. The van der Waals surface area contributed by atoms with Crippen molar-refractivity contribution < 1.29 is 29.2 Å². The molecule has 37 heavy (non-hydrogen) atoms. The highest BCUT2D eigenvalue weighted by atomic mass is 32.1. The van der Waals surface area contributed by atoms with Gasteiger partial charge in [-0.2, -0.15) is 0 Å². The Kier molecular flexibility index (Phi) is 8.11. The molecule has 11 nitrogen and oxygen atoms in total. The van der Waals surface area contributed by atoms with Crippen LogP contribution in [0.4, 0.5) is 0 Å². The molecule has 3 heterocycles. The normalized spacial score (nSPS) is 10.8. The van der Waals surface area contributed by atoms with Crippen LogP contribution in [0.2, 0.25) is 0 Å². The van der Waals surface area contributed by atoms with Gasteiger partial charge in [0.25, 0.3) is 5.91 Å². The van der Waals surface area contributed by atoms with E-state index >= 15 is 0 Å². The molecule has 1 amide bonds. The first-order valence-corrected chi connectivity index (χ1v) is 12.1. The van der Waals surface area contributed by atoms with Gasteiger partial charge in [0.2, 0.25) is 5.88 Å². The molecule has 0 aliphatic heterocycles. The Bertz CT molecular complexity index is 1370. The summed E-state index contributed by atoms with van der Waals surface area (Å²) in [7, 11) is 3.01. The highest BCUT2D eigenvalue weighted by Crippen LogP contribution is 2.50. The van der Waals surface area contributed by atoms with Crippen molar-refractivity contribution in [2.75, 3.05) is 20.8 Å². The number of nitrogens with one attached hydrogen (secondary N) is 1. The molecule has 0 aliphatic rings. The number of ether oxygens (including phenoxy) is 3. The van der Waals surface area contributed by atoms with Crippen molar-refractivity contribution >= 4 is 17.2 Å². The number of hydrogen-bond donors (Lipinski definition) is 3. The van der Waals surface area contributed by atoms with Crippen LogP contribution in [-0.2, 0) is 17.9 Å². The number of aromatic hydroxyl groups is 2. The number of carbonyl (C=O) groups excluding carboxylic acids is 1. The van der Waals surface area contributed by atoms with Gasteiger partial charge in [-0.25, -0.2) is 4.98 Å². The number of benzene rings is 1. The molecule has 3 aromatic heterocycles. The lowest BCUT2D eigenvalue weighted by Crippen LogP contribution is -2.23. The van der Waals surface area contributed by atoms with Crippen LogP contribution in [0.25, 0.3) is 21.7 Å². The SMILES string of the molecule is CCOCc1nc(O)c(-c2nnc(CNC(=O)c3ccccn3)s2)c(O)c1-c1c(OC)cccc1OC. The van der Waals surface area contributed by atoms with Gasteiger partial charge in [0.15, 0.2) is 5.01 Å². The Hall–Kier alpha value is -4.29. The largest absolute Gasteiger partial charge is 0.506 e. The van der Waals surface area contributed by atoms with Crippen LogP contribution < -0.4 is 14.8 Å². The second-order valence-electron chi connectivity index (χ2n) is 7.55. The fraction of sp³-hybridized carbons (Fsp3) is 0.240. The summed E-state index contributed by atoms with van der Waals surface area (Å²) in [5.74, 6) is -0.229. The number of pyridine rings is 2. The van der Waals surface area contributed by atoms with E-state index in [1.54, 1.807) is 36.4 Å². The summed E-state index contributed by atoms with van der Waals surface area (Å²) < 4.78 is 16.6. The van der Waals surface area contributed by atoms with E-state index in [4.69, 9.17) is 14.2 Å². The maximum Gasteiger partial charge on any atom is 0.270 e. The molecule has 0 atom stereocenters. The molecule has 0 bridgehead atoms. The molecule has 12 heteroatoms. The lowest BCUT2D eigenvalue weighted by atomic mass is 9.98. The van der Waals surface area contributed by atoms with Crippen molar-refractivity contribution in [3.05, 3.63) is 59.0 Å². The van der Waals surface area contributed by atoms with Crippen LogP contribution in [0.15, 0.2) is 42.6 Å². The Labute approximate surface area is 216 Å². The number of amides is 1. The second-order valence-corrected chi connectivity index (χ2v) is 8.62. The molecule has 0 spiro atoms. The first-order valence-electron chi connectivity index (χ1n) is 11.2. The molecule has 0 unspecified atom stereocenters. The molecule has 0 fully saturated rings. The maximum absolute atomic E-state index is 12.3. The minimum Gasteiger partial charge on any atom is -0.506 e. The number of aromatic nitrogens is 4. The summed E-state index contributed by atoms with van der Waals surface area (Å²) in [4.78, 5) is 20.6. The molecule has 0 radical (unpaired) electrons. The minimum atomic E-state index is -0.440. The average molecular weight is 524 g/mol. The number of nitrogens with zero attached hydrogens (tertiary/aromatic N) is 4. The first-order chi connectivity index (χ1) is 18.0. The fourth-order valence-electron chi connectivity index (χ4n) is 3.64. The van der Waals surface area contributed by atoms with E-state index in [0.717, 1.165) is 11.3 Å². The quantitative estimate of drug-likeness (QED) is 0.282. The lowest BCUT2D eigenvalue weighted by Gasteiger charge is -2.19. The summed E-state index contributed by atoms with van der Waals surface area (Å²) in [6.07, 6.45) is 1.53. The summed E-state index contributed by atoms with van der Waals surface area (Å²) in [6, 6.07) is 10.2. The third-order valence-electron chi connectivity index (χ3n) is 5.33. The number of hydrogen-bond acceptors (Lipinski definition) is 11. The molecule has 4 aromatic rings. The zero-order valence-corrected chi connectivity index (χ0v) is 21.2. The van der Waals surface area contributed by atoms with Crippen molar-refractivity contribution in [1.82, 2.24) is 25.5 Å². The summed E-state index contributed by atoms with van der Waals surface area (Å²) >= 11 is 1.09. The van der Waals surface area contributed by atoms with E-state index < -0.39 is 5.88 Å². The molecule has 0 saturated carbocycles. The number of methoxy groups -OCH3 is 2. The van der Waals surface area contributed by atoms with Crippen LogP contribution in [0, 0.1) is 0 Å². The van der Waals surface area contributed by atoms with E-state index in [2.05, 4.69) is 25.5 Å². The van der Waals surface area contributed by atoms with Crippen molar-refractivity contribution in [2.45, 2.75) is 20.1 Å². The summed E-state index contributed by atoms with van der Waals surface area (Å²) in [6.45, 7) is 2.33. The molecule has 0 aliphatic carbocycles. The Morgan fingerprint density at radius 1 is 1.00 bits per heavy atom. The molecule has 192 valence electrons. The molecule has 4 rings (SSSR count). The van der Waals surface area contributed by atoms with Crippen molar-refractivity contribution in [3.63, 3.8) is 0 Å². The summed E-state index contributed by atoms with van der Waals surface area (Å²) in [5.41, 5.74) is 1.27. The van der Waals surface area contributed by atoms with E-state index in [-0.39, 0.29) is 52.3 Å². The van der Waals surface area contributed by atoms with Gasteiger partial charge < -0.3 is 29.7 Å². The standard InChI is InChI=1S/C25H25N5O6S/c1-4-36-13-15-19(20-16(34-2)9-7-10-17(20)35-3)22(31)21(24(33)28-15)25-30-29-18(37-25)12-27-23(32)14-8-5-6-11-26-14/h5-11H,4,12-13H2,1-3H3,(H,27,32)(H2,28,31,33). The van der Waals surface area contributed by atoms with Gasteiger partial charge in [-0.05, 0) is 31.2 Å². The maximum atomic E-state index is 12.3.